The highest BCUT2D eigenvalue weighted by Gasteiger charge is 2.21. The third kappa shape index (κ3) is 4.43. The van der Waals surface area contributed by atoms with Crippen LogP contribution in [-0.4, -0.2) is 53.3 Å². The second kappa shape index (κ2) is 7.43. The van der Waals surface area contributed by atoms with E-state index in [4.69, 9.17) is 9.15 Å². The minimum absolute atomic E-state index is 0.125. The molecule has 0 bridgehead atoms. The summed E-state index contributed by atoms with van der Waals surface area (Å²) >= 11 is 0. The first-order valence-corrected chi connectivity index (χ1v) is 7.87. The summed E-state index contributed by atoms with van der Waals surface area (Å²) in [7, 11) is 0. The van der Waals surface area contributed by atoms with Crippen LogP contribution in [0.2, 0.25) is 0 Å². The van der Waals surface area contributed by atoms with Gasteiger partial charge in [-0.1, -0.05) is 0 Å². The van der Waals surface area contributed by atoms with Gasteiger partial charge in [-0.25, -0.2) is 0 Å². The number of carbonyl (C=O) groups excluding carboxylic acids is 1. The van der Waals surface area contributed by atoms with Gasteiger partial charge in [-0.15, -0.1) is 0 Å². The minimum atomic E-state index is -0.155. The van der Waals surface area contributed by atoms with Crippen molar-refractivity contribution in [3.05, 3.63) is 41.6 Å². The van der Waals surface area contributed by atoms with E-state index in [0.29, 0.717) is 18.8 Å². The minimum Gasteiger partial charge on any atom is -0.468 e. The number of nitrogens with zero attached hydrogens (tertiary/aromatic N) is 2. The largest absolute Gasteiger partial charge is 0.468 e. The van der Waals surface area contributed by atoms with Crippen LogP contribution in [0.3, 0.4) is 0 Å². The number of aromatic nitrogens is 2. The first-order chi connectivity index (χ1) is 11.2. The van der Waals surface area contributed by atoms with Crippen molar-refractivity contribution in [1.82, 2.24) is 20.4 Å². The van der Waals surface area contributed by atoms with Crippen LogP contribution in [0.1, 0.15) is 28.4 Å². The van der Waals surface area contributed by atoms with Gasteiger partial charge in [0.1, 0.15) is 11.5 Å². The van der Waals surface area contributed by atoms with Crippen LogP contribution in [0, 0.1) is 6.92 Å². The quantitative estimate of drug-likeness (QED) is 0.839. The molecule has 124 valence electrons. The molecule has 0 unspecified atom stereocenters. The third-order valence-electron chi connectivity index (χ3n) is 3.87. The van der Waals surface area contributed by atoms with Gasteiger partial charge in [0.05, 0.1) is 25.5 Å². The number of rotatable bonds is 6. The zero-order valence-corrected chi connectivity index (χ0v) is 13.2. The van der Waals surface area contributed by atoms with Gasteiger partial charge in [0.25, 0.3) is 5.91 Å². The lowest BCUT2D eigenvalue weighted by molar-refractivity contribution is -0.0359. The van der Waals surface area contributed by atoms with Crippen molar-refractivity contribution in [1.29, 1.82) is 0 Å². The summed E-state index contributed by atoms with van der Waals surface area (Å²) in [6.07, 6.45) is 2.60. The molecule has 1 aliphatic rings. The van der Waals surface area contributed by atoms with E-state index in [1.807, 2.05) is 19.1 Å². The zero-order chi connectivity index (χ0) is 16.1. The van der Waals surface area contributed by atoms with Crippen molar-refractivity contribution in [2.45, 2.75) is 26.0 Å². The first kappa shape index (κ1) is 15.8. The van der Waals surface area contributed by atoms with Gasteiger partial charge < -0.3 is 14.5 Å². The first-order valence-electron chi connectivity index (χ1n) is 7.87. The van der Waals surface area contributed by atoms with Gasteiger partial charge in [-0.2, -0.15) is 5.10 Å². The molecule has 1 amide bonds. The molecular weight excluding hydrogens is 296 g/mol. The lowest BCUT2D eigenvalue weighted by atomic mass is 10.2. The monoisotopic (exact) mass is 318 g/mol. The SMILES string of the molecule is Cc1cc(C(=O)NCC[C@@H]2CN(Cc3ccco3)CCO2)n[nH]1. The Balaban J connectivity index is 1.40. The average molecular weight is 318 g/mol. The Labute approximate surface area is 135 Å². The van der Waals surface area contributed by atoms with Crippen molar-refractivity contribution >= 4 is 5.91 Å². The molecule has 3 rings (SSSR count). The molecule has 23 heavy (non-hydrogen) atoms. The van der Waals surface area contributed by atoms with Crippen LogP contribution in [0.25, 0.3) is 0 Å². The molecule has 2 N–H and O–H groups in total. The number of furan rings is 1. The second-order valence-corrected chi connectivity index (χ2v) is 5.79. The van der Waals surface area contributed by atoms with E-state index in [1.165, 1.54) is 0 Å². The van der Waals surface area contributed by atoms with Gasteiger partial charge in [-0.3, -0.25) is 14.8 Å². The van der Waals surface area contributed by atoms with Gasteiger partial charge in [0, 0.05) is 25.3 Å². The Kier molecular flexibility index (Phi) is 5.09. The van der Waals surface area contributed by atoms with Crippen molar-refractivity contribution < 1.29 is 13.9 Å². The van der Waals surface area contributed by atoms with Crippen LogP contribution in [0.4, 0.5) is 0 Å². The Morgan fingerprint density at radius 1 is 1.57 bits per heavy atom. The third-order valence-corrected chi connectivity index (χ3v) is 3.87. The van der Waals surface area contributed by atoms with Crippen molar-refractivity contribution in [3.8, 4) is 0 Å². The number of amides is 1. The standard InChI is InChI=1S/C16H22N4O3/c1-12-9-15(19-18-12)16(21)17-5-4-14-11-20(6-8-23-14)10-13-3-2-7-22-13/h2-3,7,9,14H,4-6,8,10-11H2,1H3,(H,17,21)(H,18,19)/t14-/m1/s1. The summed E-state index contributed by atoms with van der Waals surface area (Å²) in [4.78, 5) is 14.2. The van der Waals surface area contributed by atoms with Crippen molar-refractivity contribution in [2.24, 2.45) is 0 Å². The number of carbonyl (C=O) groups is 1. The Morgan fingerprint density at radius 3 is 3.22 bits per heavy atom. The summed E-state index contributed by atoms with van der Waals surface area (Å²) in [5, 5.41) is 9.59. The molecule has 0 saturated carbocycles. The van der Waals surface area contributed by atoms with E-state index in [-0.39, 0.29) is 12.0 Å². The maximum Gasteiger partial charge on any atom is 0.271 e. The van der Waals surface area contributed by atoms with Crippen LogP contribution in [0.5, 0.6) is 0 Å². The van der Waals surface area contributed by atoms with Gasteiger partial charge in [0.15, 0.2) is 0 Å². The lowest BCUT2D eigenvalue weighted by Crippen LogP contribution is -2.43. The van der Waals surface area contributed by atoms with Gasteiger partial charge in [-0.05, 0) is 31.5 Å². The van der Waals surface area contributed by atoms with Gasteiger partial charge >= 0.3 is 0 Å². The lowest BCUT2D eigenvalue weighted by Gasteiger charge is -2.32. The predicted octanol–water partition coefficient (Wildman–Crippen LogP) is 1.33. The molecule has 2 aromatic rings. The Morgan fingerprint density at radius 2 is 2.48 bits per heavy atom. The zero-order valence-electron chi connectivity index (χ0n) is 13.2. The number of H-pyrrole nitrogens is 1. The number of aromatic amines is 1. The number of nitrogens with one attached hydrogen (secondary N) is 2. The van der Waals surface area contributed by atoms with E-state index in [1.54, 1.807) is 12.3 Å². The molecule has 0 aromatic carbocycles. The number of hydrogen-bond acceptors (Lipinski definition) is 5. The molecule has 0 spiro atoms. The number of ether oxygens (including phenoxy) is 1. The fourth-order valence-corrected chi connectivity index (χ4v) is 2.69. The fraction of sp³-hybridized carbons (Fsp3) is 0.500. The highest BCUT2D eigenvalue weighted by atomic mass is 16.5. The second-order valence-electron chi connectivity index (χ2n) is 5.79. The summed E-state index contributed by atoms with van der Waals surface area (Å²) in [5.74, 6) is 0.811. The molecule has 1 fully saturated rings. The van der Waals surface area contributed by atoms with Crippen LogP contribution < -0.4 is 5.32 Å². The topological polar surface area (TPSA) is 83.4 Å². The molecule has 0 radical (unpaired) electrons. The molecule has 3 heterocycles. The van der Waals surface area contributed by atoms with E-state index >= 15 is 0 Å². The Hall–Kier alpha value is -2.12. The number of hydrogen-bond donors (Lipinski definition) is 2. The van der Waals surface area contributed by atoms with Crippen LogP contribution in [0.15, 0.2) is 28.9 Å². The molecule has 0 aliphatic carbocycles. The number of morpholine rings is 1. The molecule has 7 nitrogen and oxygen atoms in total. The molecule has 1 saturated heterocycles. The fourth-order valence-electron chi connectivity index (χ4n) is 2.69. The van der Waals surface area contributed by atoms with E-state index in [2.05, 4.69) is 20.4 Å². The van der Waals surface area contributed by atoms with E-state index in [9.17, 15) is 4.79 Å². The summed E-state index contributed by atoms with van der Waals surface area (Å²) < 4.78 is 11.2. The van der Waals surface area contributed by atoms with Crippen molar-refractivity contribution in [3.63, 3.8) is 0 Å². The maximum atomic E-state index is 11.9. The predicted molar refractivity (Wildman–Crippen MR) is 84.0 cm³/mol. The van der Waals surface area contributed by atoms with Crippen molar-refractivity contribution in [2.75, 3.05) is 26.2 Å². The normalized spacial score (nSPS) is 18.9. The molecule has 1 atom stereocenters. The van der Waals surface area contributed by atoms with Crippen LogP contribution >= 0.6 is 0 Å². The molecular formula is C16H22N4O3. The molecule has 2 aromatic heterocycles. The molecule has 1 aliphatic heterocycles. The number of aryl methyl sites for hydroxylation is 1. The smallest absolute Gasteiger partial charge is 0.271 e. The highest BCUT2D eigenvalue weighted by molar-refractivity contribution is 5.92. The summed E-state index contributed by atoms with van der Waals surface area (Å²) in [6.45, 7) is 5.69. The summed E-state index contributed by atoms with van der Waals surface area (Å²) in [5.41, 5.74) is 1.30. The maximum absolute atomic E-state index is 11.9. The van der Waals surface area contributed by atoms with Crippen LogP contribution in [-0.2, 0) is 11.3 Å². The van der Waals surface area contributed by atoms with Gasteiger partial charge in [0.2, 0.25) is 0 Å². The highest BCUT2D eigenvalue weighted by Crippen LogP contribution is 2.12. The Bertz CT molecular complexity index is 623. The summed E-state index contributed by atoms with van der Waals surface area (Å²) in [6, 6.07) is 5.62. The molecule has 7 heteroatoms. The van der Waals surface area contributed by atoms with E-state index < -0.39 is 0 Å². The average Bonchev–Trinajstić information content (AvgIpc) is 3.19. The van der Waals surface area contributed by atoms with E-state index in [0.717, 1.165) is 37.5 Å².